The van der Waals surface area contributed by atoms with Crippen molar-refractivity contribution in [2.75, 3.05) is 6.61 Å². The molecule has 0 aliphatic carbocycles. The van der Waals surface area contributed by atoms with Gasteiger partial charge in [-0.2, -0.15) is 5.10 Å². The van der Waals surface area contributed by atoms with Crippen LogP contribution in [0, 0.1) is 6.92 Å². The maximum absolute atomic E-state index is 12.2. The Morgan fingerprint density at radius 2 is 2.33 bits per heavy atom. The highest BCUT2D eigenvalue weighted by Gasteiger charge is 2.24. The number of hydrogen-bond donors (Lipinski definition) is 0. The van der Waals surface area contributed by atoms with Gasteiger partial charge in [-0.25, -0.2) is 0 Å². The maximum atomic E-state index is 12.2. The Morgan fingerprint density at radius 1 is 1.56 bits per heavy atom. The first-order valence-electron chi connectivity index (χ1n) is 6.49. The zero-order valence-electron chi connectivity index (χ0n) is 10.9. The molecule has 0 radical (unpaired) electrons. The molecule has 0 N–H and O–H groups in total. The first-order chi connectivity index (χ1) is 8.63. The quantitative estimate of drug-likeness (QED) is 0.858. The molecule has 0 saturated carbocycles. The number of hydrogen-bond acceptors (Lipinski definition) is 3. The molecule has 1 aromatic rings. The third-order valence-electron chi connectivity index (χ3n) is 3.33. The standard InChI is InChI=1S/C13H19BrN2O2/c1-3-16-10(13(14)9(2)15-16)8-11(17)12-6-4-5-7-18-12/h12H,3-8H2,1-2H3. The molecule has 1 atom stereocenters. The Morgan fingerprint density at radius 3 is 2.94 bits per heavy atom. The van der Waals surface area contributed by atoms with E-state index in [1.54, 1.807) is 0 Å². The highest BCUT2D eigenvalue weighted by molar-refractivity contribution is 9.10. The zero-order chi connectivity index (χ0) is 13.1. The monoisotopic (exact) mass is 314 g/mol. The van der Waals surface area contributed by atoms with Crippen molar-refractivity contribution in [3.05, 3.63) is 15.9 Å². The van der Waals surface area contributed by atoms with Gasteiger partial charge in [0, 0.05) is 13.2 Å². The zero-order valence-corrected chi connectivity index (χ0v) is 12.5. The summed E-state index contributed by atoms with van der Waals surface area (Å²) in [6.45, 7) is 5.47. The van der Waals surface area contributed by atoms with Crippen LogP contribution < -0.4 is 0 Å². The predicted molar refractivity (Wildman–Crippen MR) is 72.6 cm³/mol. The van der Waals surface area contributed by atoms with Gasteiger partial charge in [-0.3, -0.25) is 9.48 Å². The molecule has 1 unspecified atom stereocenters. The fraction of sp³-hybridized carbons (Fsp3) is 0.692. The van der Waals surface area contributed by atoms with Crippen LogP contribution in [-0.2, 0) is 22.5 Å². The van der Waals surface area contributed by atoms with E-state index in [4.69, 9.17) is 4.74 Å². The summed E-state index contributed by atoms with van der Waals surface area (Å²) >= 11 is 3.52. The second-order valence-electron chi connectivity index (χ2n) is 4.66. The lowest BCUT2D eigenvalue weighted by Crippen LogP contribution is -2.30. The van der Waals surface area contributed by atoms with Crippen LogP contribution >= 0.6 is 15.9 Å². The van der Waals surface area contributed by atoms with Crippen molar-refractivity contribution < 1.29 is 9.53 Å². The number of ether oxygens (including phenoxy) is 1. The van der Waals surface area contributed by atoms with E-state index in [-0.39, 0.29) is 11.9 Å². The SMILES string of the molecule is CCn1nc(C)c(Br)c1CC(=O)C1CCCCO1. The smallest absolute Gasteiger partial charge is 0.167 e. The molecule has 2 heterocycles. The van der Waals surface area contributed by atoms with Crippen molar-refractivity contribution in [3.63, 3.8) is 0 Å². The Hall–Kier alpha value is -0.680. The minimum atomic E-state index is -0.217. The number of Topliss-reactive ketones (excluding diaryl/α,β-unsaturated/α-hetero) is 1. The lowest BCUT2D eigenvalue weighted by atomic mass is 10.0. The molecule has 2 rings (SSSR count). The summed E-state index contributed by atoms with van der Waals surface area (Å²) in [6.07, 6.45) is 3.20. The first kappa shape index (κ1) is 13.7. The van der Waals surface area contributed by atoms with Crippen molar-refractivity contribution in [1.82, 2.24) is 9.78 Å². The van der Waals surface area contributed by atoms with Crippen LogP contribution in [0.4, 0.5) is 0 Å². The summed E-state index contributed by atoms with van der Waals surface area (Å²) in [5.74, 6) is 0.171. The summed E-state index contributed by atoms with van der Waals surface area (Å²) in [7, 11) is 0. The molecule has 1 fully saturated rings. The van der Waals surface area contributed by atoms with Gasteiger partial charge in [0.05, 0.1) is 22.3 Å². The van der Waals surface area contributed by atoms with Crippen LogP contribution in [0.3, 0.4) is 0 Å². The number of carbonyl (C=O) groups excluding carboxylic acids is 1. The van der Waals surface area contributed by atoms with Crippen LogP contribution in [0.15, 0.2) is 4.47 Å². The molecule has 1 aliphatic heterocycles. The highest BCUT2D eigenvalue weighted by Crippen LogP contribution is 2.23. The van der Waals surface area contributed by atoms with E-state index in [2.05, 4.69) is 21.0 Å². The molecule has 1 aliphatic rings. The maximum Gasteiger partial charge on any atom is 0.167 e. The average molecular weight is 315 g/mol. The summed E-state index contributed by atoms with van der Waals surface area (Å²) in [6, 6.07) is 0. The van der Waals surface area contributed by atoms with Gasteiger partial charge in [0.15, 0.2) is 5.78 Å². The minimum absolute atomic E-state index is 0.171. The Balaban J connectivity index is 2.10. The van der Waals surface area contributed by atoms with Gasteiger partial charge in [0.1, 0.15) is 6.10 Å². The van der Waals surface area contributed by atoms with Crippen LogP contribution in [0.1, 0.15) is 37.6 Å². The second-order valence-corrected chi connectivity index (χ2v) is 5.45. The lowest BCUT2D eigenvalue weighted by Gasteiger charge is -2.21. The molecule has 0 bridgehead atoms. The van der Waals surface area contributed by atoms with Gasteiger partial charge in [-0.15, -0.1) is 0 Å². The van der Waals surface area contributed by atoms with Gasteiger partial charge in [0.2, 0.25) is 0 Å². The average Bonchev–Trinajstić information content (AvgIpc) is 2.67. The van der Waals surface area contributed by atoms with E-state index >= 15 is 0 Å². The molecular weight excluding hydrogens is 296 g/mol. The second kappa shape index (κ2) is 5.97. The normalized spacial score (nSPS) is 20.1. The van der Waals surface area contributed by atoms with Gasteiger partial charge >= 0.3 is 0 Å². The summed E-state index contributed by atoms with van der Waals surface area (Å²) in [5.41, 5.74) is 1.90. The number of nitrogens with zero attached hydrogens (tertiary/aromatic N) is 2. The van der Waals surface area contributed by atoms with E-state index in [9.17, 15) is 4.79 Å². The molecule has 5 heteroatoms. The third kappa shape index (κ3) is 2.83. The number of carbonyl (C=O) groups is 1. The highest BCUT2D eigenvalue weighted by atomic mass is 79.9. The Bertz CT molecular complexity index is 436. The summed E-state index contributed by atoms with van der Waals surface area (Å²) < 4.78 is 8.38. The van der Waals surface area contributed by atoms with Crippen molar-refractivity contribution in [1.29, 1.82) is 0 Å². The van der Waals surface area contributed by atoms with E-state index in [0.717, 1.165) is 41.7 Å². The van der Waals surface area contributed by atoms with Crippen LogP contribution in [0.25, 0.3) is 0 Å². The van der Waals surface area contributed by atoms with Crippen molar-refractivity contribution in [2.45, 2.75) is 52.2 Å². The van der Waals surface area contributed by atoms with Crippen molar-refractivity contribution in [2.24, 2.45) is 0 Å². The van der Waals surface area contributed by atoms with Crippen LogP contribution in [0.5, 0.6) is 0 Å². The topological polar surface area (TPSA) is 44.1 Å². The van der Waals surface area contributed by atoms with Crippen LogP contribution in [-0.4, -0.2) is 28.3 Å². The lowest BCUT2D eigenvalue weighted by molar-refractivity contribution is -0.132. The first-order valence-corrected chi connectivity index (χ1v) is 7.29. The Kier molecular flexibility index (Phi) is 4.56. The fourth-order valence-corrected chi connectivity index (χ4v) is 2.74. The molecule has 0 amide bonds. The molecule has 1 aromatic heterocycles. The Labute approximate surface area is 116 Å². The number of aromatic nitrogens is 2. The van der Waals surface area contributed by atoms with Gasteiger partial charge in [-0.05, 0) is 49.0 Å². The molecule has 1 saturated heterocycles. The van der Waals surface area contributed by atoms with Crippen molar-refractivity contribution >= 4 is 21.7 Å². The van der Waals surface area contributed by atoms with Crippen LogP contribution in [0.2, 0.25) is 0 Å². The molecule has 100 valence electrons. The third-order valence-corrected chi connectivity index (χ3v) is 4.36. The molecule has 18 heavy (non-hydrogen) atoms. The minimum Gasteiger partial charge on any atom is -0.370 e. The largest absolute Gasteiger partial charge is 0.370 e. The summed E-state index contributed by atoms with van der Waals surface area (Å²) in [4.78, 5) is 12.2. The fourth-order valence-electron chi connectivity index (χ4n) is 2.31. The molecule has 0 aromatic carbocycles. The van der Waals surface area contributed by atoms with Gasteiger partial charge < -0.3 is 4.74 Å². The van der Waals surface area contributed by atoms with E-state index in [1.807, 2.05) is 18.5 Å². The van der Waals surface area contributed by atoms with Gasteiger partial charge in [-0.1, -0.05) is 0 Å². The number of aryl methyl sites for hydroxylation is 2. The molecule has 4 nitrogen and oxygen atoms in total. The molecule has 0 spiro atoms. The number of halogens is 1. The van der Waals surface area contributed by atoms with Crippen molar-refractivity contribution in [3.8, 4) is 0 Å². The molecular formula is C13H19BrN2O2. The summed E-state index contributed by atoms with van der Waals surface area (Å²) in [5, 5.41) is 4.40. The van der Waals surface area contributed by atoms with E-state index in [1.165, 1.54) is 0 Å². The number of ketones is 1. The predicted octanol–water partition coefficient (Wildman–Crippen LogP) is 2.65. The number of rotatable bonds is 4. The van der Waals surface area contributed by atoms with Gasteiger partial charge in [0.25, 0.3) is 0 Å². The van der Waals surface area contributed by atoms with E-state index < -0.39 is 0 Å². The van der Waals surface area contributed by atoms with E-state index in [0.29, 0.717) is 13.0 Å².